The fourth-order valence-electron chi connectivity index (χ4n) is 3.55. The third-order valence-electron chi connectivity index (χ3n) is 4.83. The van der Waals surface area contributed by atoms with Crippen molar-refractivity contribution in [1.29, 1.82) is 0 Å². The summed E-state index contributed by atoms with van der Waals surface area (Å²) in [5, 5.41) is 0. The average molecular weight is 392 g/mol. The second-order valence-corrected chi connectivity index (χ2v) is 8.15. The number of ether oxygens (including phenoxy) is 2. The number of hydrogen-bond acceptors (Lipinski definition) is 6. The van der Waals surface area contributed by atoms with Crippen molar-refractivity contribution in [3.63, 3.8) is 0 Å². The number of likely N-dealkylation sites (tertiary alicyclic amines) is 1. The van der Waals surface area contributed by atoms with Gasteiger partial charge in [0.05, 0.1) is 19.6 Å². The molecule has 0 saturated carbocycles. The smallest absolute Gasteiger partial charge is 0.310 e. The molecule has 1 fully saturated rings. The van der Waals surface area contributed by atoms with Crippen LogP contribution in [-0.4, -0.2) is 51.9 Å². The number of amidine groups is 1. The molecule has 7 nitrogen and oxygen atoms in total. The highest BCUT2D eigenvalue weighted by atomic mass is 32.2. The van der Waals surface area contributed by atoms with E-state index < -0.39 is 10.0 Å². The van der Waals surface area contributed by atoms with Crippen LogP contribution in [0.2, 0.25) is 0 Å². The van der Waals surface area contributed by atoms with Gasteiger partial charge in [0.1, 0.15) is 16.5 Å². The molecule has 0 radical (unpaired) electrons. The van der Waals surface area contributed by atoms with Gasteiger partial charge in [0.2, 0.25) is 0 Å². The quantitative estimate of drug-likeness (QED) is 0.732. The van der Waals surface area contributed by atoms with Crippen molar-refractivity contribution in [1.82, 2.24) is 4.90 Å². The maximum atomic E-state index is 12.7. The van der Waals surface area contributed by atoms with E-state index in [2.05, 4.69) is 4.40 Å². The van der Waals surface area contributed by atoms with Gasteiger partial charge in [-0.05, 0) is 56.5 Å². The molecule has 2 heterocycles. The number of rotatable bonds is 4. The van der Waals surface area contributed by atoms with Crippen molar-refractivity contribution in [2.24, 2.45) is 10.3 Å². The van der Waals surface area contributed by atoms with Crippen LogP contribution in [0.4, 0.5) is 0 Å². The highest BCUT2D eigenvalue weighted by Crippen LogP contribution is 2.35. The van der Waals surface area contributed by atoms with Crippen LogP contribution >= 0.6 is 0 Å². The van der Waals surface area contributed by atoms with Crippen LogP contribution in [0.5, 0.6) is 5.75 Å². The molecule has 27 heavy (non-hydrogen) atoms. The van der Waals surface area contributed by atoms with Crippen LogP contribution in [-0.2, 0) is 19.6 Å². The number of benzene rings is 1. The standard InChI is InChI=1S/C19H24N2O5S/c1-4-26-19(22)15-6-5-11-21(12-15)18-13(2)17(27(23,24)20-18)14-7-9-16(25-3)10-8-14/h7-10,15H,4-6,11-12H2,1-3H3. The summed E-state index contributed by atoms with van der Waals surface area (Å²) >= 11 is 0. The molecule has 2 aliphatic heterocycles. The van der Waals surface area contributed by atoms with Gasteiger partial charge in [0, 0.05) is 18.7 Å². The Balaban J connectivity index is 1.89. The summed E-state index contributed by atoms with van der Waals surface area (Å²) in [6.45, 7) is 4.96. The Morgan fingerprint density at radius 2 is 2.00 bits per heavy atom. The number of carbonyl (C=O) groups excluding carboxylic acids is 1. The molecule has 0 aliphatic carbocycles. The lowest BCUT2D eigenvalue weighted by molar-refractivity contribution is -0.149. The van der Waals surface area contributed by atoms with Gasteiger partial charge < -0.3 is 14.4 Å². The Morgan fingerprint density at radius 1 is 1.30 bits per heavy atom. The molecular weight excluding hydrogens is 368 g/mol. The molecule has 0 N–H and O–H groups in total. The maximum Gasteiger partial charge on any atom is 0.310 e. The van der Waals surface area contributed by atoms with Crippen LogP contribution < -0.4 is 4.74 Å². The van der Waals surface area contributed by atoms with Crippen molar-refractivity contribution in [2.45, 2.75) is 26.7 Å². The predicted molar refractivity (Wildman–Crippen MR) is 103 cm³/mol. The van der Waals surface area contributed by atoms with E-state index in [1.165, 1.54) is 0 Å². The van der Waals surface area contributed by atoms with Gasteiger partial charge in [0.25, 0.3) is 10.0 Å². The van der Waals surface area contributed by atoms with Gasteiger partial charge in [-0.15, -0.1) is 4.40 Å². The van der Waals surface area contributed by atoms with Crippen LogP contribution in [0.3, 0.4) is 0 Å². The van der Waals surface area contributed by atoms with Crippen LogP contribution in [0.15, 0.2) is 34.2 Å². The molecule has 0 bridgehead atoms. The topological polar surface area (TPSA) is 85.3 Å². The minimum atomic E-state index is -3.79. The SMILES string of the molecule is CCOC(=O)C1CCCN(C2=NS(=O)(=O)C(c3ccc(OC)cc3)=C2C)C1. The van der Waals surface area contributed by atoms with Crippen molar-refractivity contribution in [2.75, 3.05) is 26.8 Å². The van der Waals surface area contributed by atoms with Crippen LogP contribution in [0, 0.1) is 5.92 Å². The first-order valence-electron chi connectivity index (χ1n) is 8.99. The van der Waals surface area contributed by atoms with Crippen LogP contribution in [0.1, 0.15) is 32.3 Å². The number of carbonyl (C=O) groups is 1. The number of esters is 1. The maximum absolute atomic E-state index is 12.7. The first kappa shape index (κ1) is 19.4. The van der Waals surface area contributed by atoms with E-state index in [1.807, 2.05) is 4.90 Å². The van der Waals surface area contributed by atoms with E-state index in [-0.39, 0.29) is 16.8 Å². The molecule has 0 aromatic heterocycles. The van der Waals surface area contributed by atoms with E-state index >= 15 is 0 Å². The highest BCUT2D eigenvalue weighted by Gasteiger charge is 2.36. The van der Waals surface area contributed by atoms with Gasteiger partial charge in [-0.1, -0.05) is 0 Å². The molecule has 3 rings (SSSR count). The third kappa shape index (κ3) is 3.85. The molecule has 8 heteroatoms. The fourth-order valence-corrected chi connectivity index (χ4v) is 5.03. The zero-order valence-corrected chi connectivity index (χ0v) is 16.6. The molecule has 0 amide bonds. The number of nitrogens with zero attached hydrogens (tertiary/aromatic N) is 2. The largest absolute Gasteiger partial charge is 0.497 e. The Kier molecular flexibility index (Phi) is 5.55. The summed E-state index contributed by atoms with van der Waals surface area (Å²) in [5.74, 6) is 0.583. The van der Waals surface area contributed by atoms with Crippen LogP contribution in [0.25, 0.3) is 4.91 Å². The van der Waals surface area contributed by atoms with Crippen molar-refractivity contribution >= 4 is 26.7 Å². The summed E-state index contributed by atoms with van der Waals surface area (Å²) in [4.78, 5) is 14.2. The second-order valence-electron chi connectivity index (χ2n) is 6.61. The normalized spacial score (nSPS) is 21.8. The third-order valence-corrected chi connectivity index (χ3v) is 6.30. The van der Waals surface area contributed by atoms with Crippen molar-refractivity contribution in [3.05, 3.63) is 35.4 Å². The van der Waals surface area contributed by atoms with Gasteiger partial charge in [0.15, 0.2) is 0 Å². The van der Waals surface area contributed by atoms with Gasteiger partial charge in [-0.2, -0.15) is 8.42 Å². The minimum Gasteiger partial charge on any atom is -0.497 e. The first-order valence-corrected chi connectivity index (χ1v) is 10.4. The van der Waals surface area contributed by atoms with E-state index in [4.69, 9.17) is 9.47 Å². The van der Waals surface area contributed by atoms with E-state index in [9.17, 15) is 13.2 Å². The Labute approximate surface area is 159 Å². The van der Waals surface area contributed by atoms with E-state index in [0.717, 1.165) is 12.8 Å². The lowest BCUT2D eigenvalue weighted by atomic mass is 9.97. The lowest BCUT2D eigenvalue weighted by Gasteiger charge is -2.33. The summed E-state index contributed by atoms with van der Waals surface area (Å²) in [6.07, 6.45) is 1.52. The van der Waals surface area contributed by atoms with Gasteiger partial charge in [-0.3, -0.25) is 4.79 Å². The number of methoxy groups -OCH3 is 1. The summed E-state index contributed by atoms with van der Waals surface area (Å²) < 4.78 is 39.7. The first-order chi connectivity index (χ1) is 12.9. The average Bonchev–Trinajstić information content (AvgIpc) is 2.91. The lowest BCUT2D eigenvalue weighted by Crippen LogP contribution is -2.42. The molecular formula is C19H24N2O5S. The zero-order chi connectivity index (χ0) is 19.6. The number of sulfonamides is 1. The molecule has 1 aromatic rings. The van der Waals surface area contributed by atoms with E-state index in [0.29, 0.717) is 42.4 Å². The zero-order valence-electron chi connectivity index (χ0n) is 15.8. The van der Waals surface area contributed by atoms with E-state index in [1.54, 1.807) is 45.2 Å². The number of hydrogen-bond donors (Lipinski definition) is 0. The molecule has 1 unspecified atom stereocenters. The Hall–Kier alpha value is -2.35. The second kappa shape index (κ2) is 7.72. The van der Waals surface area contributed by atoms with Gasteiger partial charge >= 0.3 is 5.97 Å². The molecule has 1 aromatic carbocycles. The van der Waals surface area contributed by atoms with Gasteiger partial charge in [-0.25, -0.2) is 0 Å². The van der Waals surface area contributed by atoms with Crippen molar-refractivity contribution < 1.29 is 22.7 Å². The minimum absolute atomic E-state index is 0.207. The predicted octanol–water partition coefficient (Wildman–Crippen LogP) is 2.44. The molecule has 2 aliphatic rings. The summed E-state index contributed by atoms with van der Waals surface area (Å²) in [5.41, 5.74) is 1.18. The molecule has 0 spiro atoms. The van der Waals surface area contributed by atoms with Crippen molar-refractivity contribution in [3.8, 4) is 5.75 Å². The Bertz CT molecular complexity index is 887. The fraction of sp³-hybridized carbons (Fsp3) is 0.474. The summed E-state index contributed by atoms with van der Waals surface area (Å²) in [6, 6.07) is 6.87. The summed E-state index contributed by atoms with van der Waals surface area (Å²) in [7, 11) is -2.23. The number of piperidine rings is 1. The molecule has 1 atom stereocenters. The molecule has 1 saturated heterocycles. The molecule has 146 valence electrons. The monoisotopic (exact) mass is 392 g/mol. The highest BCUT2D eigenvalue weighted by molar-refractivity contribution is 8.00. The Morgan fingerprint density at radius 3 is 2.63 bits per heavy atom.